The minimum absolute atomic E-state index is 0.0438. The highest BCUT2D eigenvalue weighted by molar-refractivity contribution is 6.33. The predicted octanol–water partition coefficient (Wildman–Crippen LogP) is 2.58. The van der Waals surface area contributed by atoms with Crippen molar-refractivity contribution in [3.8, 4) is 0 Å². The molecule has 0 radical (unpaired) electrons. The molecule has 0 fully saturated rings. The normalized spacial score (nSPS) is 11.8. The molecule has 0 N–H and O–H groups in total. The molecule has 0 amide bonds. The summed E-state index contributed by atoms with van der Waals surface area (Å²) < 4.78 is 43.2. The lowest BCUT2D eigenvalue weighted by Gasteiger charge is -2.06. The fraction of sp³-hybridized carbons (Fsp3) is 0.300. The molecular formula is C10H7ClF3N3O2. The molecule has 0 saturated carbocycles. The number of halogens is 4. The molecule has 0 aliphatic heterocycles. The molecule has 9 heteroatoms. The van der Waals surface area contributed by atoms with Crippen molar-refractivity contribution in [2.45, 2.75) is 13.1 Å². The third kappa shape index (κ3) is 2.62. The van der Waals surface area contributed by atoms with Gasteiger partial charge in [0.2, 0.25) is 0 Å². The van der Waals surface area contributed by atoms with Crippen LogP contribution in [-0.2, 0) is 10.9 Å². The molecule has 2 aromatic heterocycles. The van der Waals surface area contributed by atoms with Crippen molar-refractivity contribution in [1.29, 1.82) is 0 Å². The number of carbonyl (C=O) groups excluding carboxylic acids is 1. The number of hydrogen-bond donors (Lipinski definition) is 0. The van der Waals surface area contributed by atoms with E-state index in [1.54, 1.807) is 6.92 Å². The Kier molecular flexibility index (Phi) is 3.36. The van der Waals surface area contributed by atoms with Crippen molar-refractivity contribution < 1.29 is 22.7 Å². The van der Waals surface area contributed by atoms with E-state index >= 15 is 0 Å². The lowest BCUT2D eigenvalue weighted by molar-refractivity contribution is -0.137. The van der Waals surface area contributed by atoms with Crippen LogP contribution in [0.3, 0.4) is 0 Å². The first kappa shape index (κ1) is 13.6. The van der Waals surface area contributed by atoms with Crippen molar-refractivity contribution in [3.63, 3.8) is 0 Å². The Labute approximate surface area is 109 Å². The highest BCUT2D eigenvalue weighted by Crippen LogP contribution is 2.31. The van der Waals surface area contributed by atoms with E-state index in [0.717, 1.165) is 10.6 Å². The summed E-state index contributed by atoms with van der Waals surface area (Å²) in [6.45, 7) is 1.69. The van der Waals surface area contributed by atoms with Gasteiger partial charge in [-0.25, -0.2) is 9.31 Å². The van der Waals surface area contributed by atoms with E-state index in [4.69, 9.17) is 11.6 Å². The van der Waals surface area contributed by atoms with Gasteiger partial charge in [-0.3, -0.25) is 0 Å². The minimum atomic E-state index is -4.56. The zero-order valence-corrected chi connectivity index (χ0v) is 10.3. The molecule has 0 bridgehead atoms. The van der Waals surface area contributed by atoms with E-state index < -0.39 is 17.7 Å². The molecule has 0 saturated heterocycles. The van der Waals surface area contributed by atoms with Gasteiger partial charge in [0.25, 0.3) is 5.82 Å². The number of carbonyl (C=O) groups is 1. The summed E-state index contributed by atoms with van der Waals surface area (Å²) in [7, 11) is 0. The van der Waals surface area contributed by atoms with Crippen LogP contribution in [0.25, 0.3) is 5.65 Å². The quantitative estimate of drug-likeness (QED) is 0.799. The maximum absolute atomic E-state index is 12.6. The topological polar surface area (TPSA) is 56.5 Å². The molecule has 0 aromatic carbocycles. The Bertz CT molecular complexity index is 639. The molecule has 102 valence electrons. The summed E-state index contributed by atoms with van der Waals surface area (Å²) in [4.78, 5) is 15.1. The molecule has 0 aliphatic carbocycles. The SMILES string of the molecule is CCOC(=O)c1nc2c(Cl)cc(C(F)(F)F)cn2n1. The van der Waals surface area contributed by atoms with Gasteiger partial charge in [-0.05, 0) is 13.0 Å². The highest BCUT2D eigenvalue weighted by atomic mass is 35.5. The number of rotatable bonds is 2. The molecular weight excluding hydrogens is 287 g/mol. The van der Waals surface area contributed by atoms with E-state index in [2.05, 4.69) is 14.8 Å². The van der Waals surface area contributed by atoms with Gasteiger partial charge in [-0.1, -0.05) is 11.6 Å². The van der Waals surface area contributed by atoms with Crippen LogP contribution < -0.4 is 0 Å². The average Bonchev–Trinajstić information content (AvgIpc) is 2.72. The van der Waals surface area contributed by atoms with Crippen LogP contribution in [-0.4, -0.2) is 27.2 Å². The Hall–Kier alpha value is -1.83. The summed E-state index contributed by atoms with van der Waals surface area (Å²) >= 11 is 5.69. The van der Waals surface area contributed by atoms with Crippen LogP contribution in [0.15, 0.2) is 12.3 Å². The number of fused-ring (bicyclic) bond motifs is 1. The highest BCUT2D eigenvalue weighted by Gasteiger charge is 2.32. The largest absolute Gasteiger partial charge is 0.460 e. The summed E-state index contributed by atoms with van der Waals surface area (Å²) in [5.41, 5.74) is -1.02. The Morgan fingerprint density at radius 1 is 1.53 bits per heavy atom. The summed E-state index contributed by atoms with van der Waals surface area (Å²) in [5.74, 6) is -1.17. The van der Waals surface area contributed by atoms with Crippen molar-refractivity contribution in [2.75, 3.05) is 6.61 Å². The van der Waals surface area contributed by atoms with Crippen molar-refractivity contribution in [2.24, 2.45) is 0 Å². The maximum Gasteiger partial charge on any atom is 0.417 e. The van der Waals surface area contributed by atoms with Crippen LogP contribution in [0.5, 0.6) is 0 Å². The van der Waals surface area contributed by atoms with E-state index in [0.29, 0.717) is 6.20 Å². The van der Waals surface area contributed by atoms with Crippen LogP contribution in [0.1, 0.15) is 23.1 Å². The van der Waals surface area contributed by atoms with Crippen LogP contribution in [0, 0.1) is 0 Å². The van der Waals surface area contributed by atoms with Gasteiger partial charge in [0.05, 0.1) is 17.2 Å². The fourth-order valence-electron chi connectivity index (χ4n) is 1.38. The number of esters is 1. The first-order chi connectivity index (χ1) is 8.82. The fourth-order valence-corrected chi connectivity index (χ4v) is 1.63. The third-order valence-electron chi connectivity index (χ3n) is 2.17. The lowest BCUT2D eigenvalue weighted by atomic mass is 10.3. The van der Waals surface area contributed by atoms with Crippen molar-refractivity contribution in [3.05, 3.63) is 28.7 Å². The molecule has 5 nitrogen and oxygen atoms in total. The second-order valence-electron chi connectivity index (χ2n) is 3.50. The number of pyridine rings is 1. The first-order valence-corrected chi connectivity index (χ1v) is 5.51. The number of ether oxygens (including phenoxy) is 1. The number of alkyl halides is 3. The molecule has 2 rings (SSSR count). The Morgan fingerprint density at radius 3 is 2.79 bits per heavy atom. The zero-order valence-electron chi connectivity index (χ0n) is 9.53. The zero-order chi connectivity index (χ0) is 14.2. The maximum atomic E-state index is 12.6. The monoisotopic (exact) mass is 293 g/mol. The molecule has 0 aliphatic rings. The summed E-state index contributed by atoms with van der Waals surface area (Å²) in [6.07, 6.45) is -3.86. The van der Waals surface area contributed by atoms with Gasteiger partial charge in [0.1, 0.15) is 0 Å². The smallest absolute Gasteiger partial charge is 0.417 e. The van der Waals surface area contributed by atoms with Gasteiger partial charge < -0.3 is 4.74 Å². The van der Waals surface area contributed by atoms with Gasteiger partial charge in [-0.15, -0.1) is 5.10 Å². The number of nitrogens with zero attached hydrogens (tertiary/aromatic N) is 3. The van der Waals surface area contributed by atoms with Crippen molar-refractivity contribution in [1.82, 2.24) is 14.6 Å². The molecule has 19 heavy (non-hydrogen) atoms. The lowest BCUT2D eigenvalue weighted by Crippen LogP contribution is -2.08. The van der Waals surface area contributed by atoms with Crippen molar-refractivity contribution >= 4 is 23.2 Å². The van der Waals surface area contributed by atoms with Gasteiger partial charge in [-0.2, -0.15) is 18.2 Å². The molecule has 2 heterocycles. The predicted molar refractivity (Wildman–Crippen MR) is 59.0 cm³/mol. The van der Waals surface area contributed by atoms with Crippen LogP contribution in [0.2, 0.25) is 5.02 Å². The molecule has 0 atom stereocenters. The summed E-state index contributed by atoms with van der Waals surface area (Å²) in [5, 5.41) is 3.36. The standard InChI is InChI=1S/C10H7ClF3N3O2/c1-2-19-9(18)7-15-8-6(11)3-5(10(12,13)14)4-17(8)16-7/h3-4H,2H2,1H3. The Balaban J connectivity index is 2.54. The van der Waals surface area contributed by atoms with E-state index in [-0.39, 0.29) is 23.1 Å². The van der Waals surface area contributed by atoms with Crippen LogP contribution >= 0.6 is 11.6 Å². The summed E-state index contributed by atoms with van der Waals surface area (Å²) in [6, 6.07) is 0.723. The van der Waals surface area contributed by atoms with Gasteiger partial charge >= 0.3 is 12.1 Å². The van der Waals surface area contributed by atoms with E-state index in [1.165, 1.54) is 0 Å². The van der Waals surface area contributed by atoms with E-state index in [9.17, 15) is 18.0 Å². The number of aromatic nitrogens is 3. The van der Waals surface area contributed by atoms with E-state index in [1.807, 2.05) is 0 Å². The molecule has 0 unspecified atom stereocenters. The van der Waals surface area contributed by atoms with Gasteiger partial charge in [0.15, 0.2) is 5.65 Å². The Morgan fingerprint density at radius 2 is 2.21 bits per heavy atom. The second kappa shape index (κ2) is 4.69. The van der Waals surface area contributed by atoms with Gasteiger partial charge in [0, 0.05) is 6.20 Å². The average molecular weight is 294 g/mol. The first-order valence-electron chi connectivity index (χ1n) is 5.13. The molecule has 0 spiro atoms. The van der Waals surface area contributed by atoms with Crippen LogP contribution in [0.4, 0.5) is 13.2 Å². The number of hydrogen-bond acceptors (Lipinski definition) is 4. The second-order valence-corrected chi connectivity index (χ2v) is 3.91. The minimum Gasteiger partial charge on any atom is -0.460 e. The molecule has 2 aromatic rings. The third-order valence-corrected chi connectivity index (χ3v) is 2.45.